The van der Waals surface area contributed by atoms with E-state index in [1.54, 1.807) is 12.1 Å². The predicted octanol–water partition coefficient (Wildman–Crippen LogP) is 2.40. The fourth-order valence-electron chi connectivity index (χ4n) is 2.61. The van der Waals surface area contributed by atoms with Crippen molar-refractivity contribution in [2.75, 3.05) is 20.2 Å². The first-order valence-electron chi connectivity index (χ1n) is 7.31. The van der Waals surface area contributed by atoms with E-state index in [9.17, 15) is 9.18 Å². The van der Waals surface area contributed by atoms with Crippen molar-refractivity contribution in [1.29, 1.82) is 0 Å². The van der Waals surface area contributed by atoms with E-state index < -0.39 is 5.82 Å². The largest absolute Gasteiger partial charge is 0.494 e. The quantitative estimate of drug-likeness (QED) is 0.896. The summed E-state index contributed by atoms with van der Waals surface area (Å²) in [5.41, 5.74) is 0.393. The number of amides is 1. The molecule has 0 spiro atoms. The minimum absolute atomic E-state index is 0.0349. The van der Waals surface area contributed by atoms with Crippen molar-refractivity contribution in [3.8, 4) is 5.75 Å². The Morgan fingerprint density at radius 1 is 1.43 bits per heavy atom. The number of carbonyl (C=O) groups excluding carboxylic acids is 1. The summed E-state index contributed by atoms with van der Waals surface area (Å²) >= 11 is 0. The van der Waals surface area contributed by atoms with E-state index in [0.29, 0.717) is 0 Å². The third-order valence-electron chi connectivity index (χ3n) is 4.28. The molecular weight excluding hydrogens is 271 g/mol. The molecule has 1 saturated heterocycles. The Morgan fingerprint density at radius 2 is 2.10 bits per heavy atom. The Hall–Kier alpha value is -1.62. The van der Waals surface area contributed by atoms with Gasteiger partial charge >= 0.3 is 0 Å². The molecule has 1 amide bonds. The van der Waals surface area contributed by atoms with Crippen molar-refractivity contribution < 1.29 is 13.9 Å². The summed E-state index contributed by atoms with van der Waals surface area (Å²) in [4.78, 5) is 12.5. The number of nitrogens with one attached hydrogen (secondary N) is 2. The second kappa shape index (κ2) is 6.43. The first-order valence-corrected chi connectivity index (χ1v) is 7.31. The molecule has 0 bridgehead atoms. The molecule has 1 aliphatic rings. The van der Waals surface area contributed by atoms with E-state index in [1.807, 2.05) is 13.8 Å². The van der Waals surface area contributed by atoms with E-state index >= 15 is 0 Å². The normalized spacial score (nSPS) is 18.9. The lowest BCUT2D eigenvalue weighted by Crippen LogP contribution is -2.46. The molecule has 116 valence electrons. The summed E-state index contributed by atoms with van der Waals surface area (Å²) in [5.74, 6) is -0.167. The van der Waals surface area contributed by atoms with Gasteiger partial charge in [-0.05, 0) is 50.6 Å². The summed E-state index contributed by atoms with van der Waals surface area (Å²) < 4.78 is 18.6. The maximum Gasteiger partial charge on any atom is 0.226 e. The smallest absolute Gasteiger partial charge is 0.226 e. The fraction of sp³-hybridized carbons (Fsp3) is 0.562. The molecule has 0 aromatic heterocycles. The number of hydrogen-bond donors (Lipinski definition) is 2. The van der Waals surface area contributed by atoms with Crippen LogP contribution in [0.2, 0.25) is 0 Å². The second-order valence-corrected chi connectivity index (χ2v) is 5.90. The van der Waals surface area contributed by atoms with Gasteiger partial charge in [0.25, 0.3) is 0 Å². The Morgan fingerprint density at radius 3 is 2.67 bits per heavy atom. The highest BCUT2D eigenvalue weighted by atomic mass is 19.1. The second-order valence-electron chi connectivity index (χ2n) is 5.90. The summed E-state index contributed by atoms with van der Waals surface area (Å²) in [6, 6.07) is 4.54. The summed E-state index contributed by atoms with van der Waals surface area (Å²) in [6.07, 6.45) is 1.64. The molecule has 1 aliphatic heterocycles. The highest BCUT2D eigenvalue weighted by Crippen LogP contribution is 2.29. The molecule has 2 N–H and O–H groups in total. The molecule has 1 aromatic rings. The van der Waals surface area contributed by atoms with Crippen LogP contribution in [0, 0.1) is 11.2 Å². The third-order valence-corrected chi connectivity index (χ3v) is 4.28. The molecule has 0 aliphatic carbocycles. The van der Waals surface area contributed by atoms with Gasteiger partial charge in [-0.15, -0.1) is 0 Å². The molecule has 0 saturated carbocycles. The van der Waals surface area contributed by atoms with Crippen LogP contribution in [0.15, 0.2) is 18.2 Å². The van der Waals surface area contributed by atoms with Crippen molar-refractivity contribution in [3.63, 3.8) is 0 Å². The van der Waals surface area contributed by atoms with Crippen LogP contribution >= 0.6 is 0 Å². The number of carbonyl (C=O) groups is 1. The standard InChI is InChI=1S/C16H23FN2O2/c1-11(12-4-5-14(21-3)13(17)10-12)19-15(20)16(2)6-8-18-9-7-16/h4-5,10-11,18H,6-9H2,1-3H3,(H,19,20). The molecule has 1 heterocycles. The van der Waals surface area contributed by atoms with E-state index in [2.05, 4.69) is 10.6 Å². The zero-order valence-electron chi connectivity index (χ0n) is 12.8. The van der Waals surface area contributed by atoms with Gasteiger partial charge in [0.15, 0.2) is 11.6 Å². The van der Waals surface area contributed by atoms with Crippen LogP contribution in [0.5, 0.6) is 5.75 Å². The van der Waals surface area contributed by atoms with Gasteiger partial charge in [-0.2, -0.15) is 0 Å². The van der Waals surface area contributed by atoms with Crippen LogP contribution in [0.1, 0.15) is 38.3 Å². The van der Waals surface area contributed by atoms with Crippen LogP contribution < -0.4 is 15.4 Å². The van der Waals surface area contributed by atoms with Crippen molar-refractivity contribution in [3.05, 3.63) is 29.6 Å². The van der Waals surface area contributed by atoms with Gasteiger partial charge in [0.2, 0.25) is 5.91 Å². The molecule has 21 heavy (non-hydrogen) atoms. The van der Waals surface area contributed by atoms with Gasteiger partial charge in [-0.25, -0.2) is 4.39 Å². The zero-order chi connectivity index (χ0) is 15.5. The molecule has 0 radical (unpaired) electrons. The predicted molar refractivity (Wildman–Crippen MR) is 79.7 cm³/mol. The Bertz CT molecular complexity index is 513. The molecule has 1 fully saturated rings. The number of rotatable bonds is 4. The molecule has 4 nitrogen and oxygen atoms in total. The van der Waals surface area contributed by atoms with Gasteiger partial charge in [0.1, 0.15) is 0 Å². The first kappa shape index (κ1) is 15.8. The van der Waals surface area contributed by atoms with Crippen molar-refractivity contribution >= 4 is 5.91 Å². The molecule has 1 unspecified atom stereocenters. The molecular formula is C16H23FN2O2. The molecule has 2 rings (SSSR count). The number of benzene rings is 1. The highest BCUT2D eigenvalue weighted by Gasteiger charge is 2.35. The minimum atomic E-state index is -0.413. The van der Waals surface area contributed by atoms with Gasteiger partial charge in [0.05, 0.1) is 13.2 Å². The number of ether oxygens (including phenoxy) is 1. The lowest BCUT2D eigenvalue weighted by molar-refractivity contribution is -0.132. The molecule has 5 heteroatoms. The topological polar surface area (TPSA) is 50.4 Å². The van der Waals surface area contributed by atoms with Crippen LogP contribution in [-0.2, 0) is 4.79 Å². The average Bonchev–Trinajstić information content (AvgIpc) is 2.47. The number of halogens is 1. The van der Waals surface area contributed by atoms with Crippen LogP contribution in [-0.4, -0.2) is 26.1 Å². The van der Waals surface area contributed by atoms with Gasteiger partial charge < -0.3 is 15.4 Å². The first-order chi connectivity index (χ1) is 9.96. The summed E-state index contributed by atoms with van der Waals surface area (Å²) in [6.45, 7) is 5.57. The van der Waals surface area contributed by atoms with E-state index in [0.717, 1.165) is 31.5 Å². The Balaban J connectivity index is 2.05. The summed E-state index contributed by atoms with van der Waals surface area (Å²) in [7, 11) is 1.43. The van der Waals surface area contributed by atoms with Gasteiger partial charge in [0, 0.05) is 5.41 Å². The van der Waals surface area contributed by atoms with Crippen molar-refractivity contribution in [2.24, 2.45) is 5.41 Å². The lowest BCUT2D eigenvalue weighted by Gasteiger charge is -2.33. The van der Waals surface area contributed by atoms with E-state index in [4.69, 9.17) is 4.74 Å². The fourth-order valence-corrected chi connectivity index (χ4v) is 2.61. The van der Waals surface area contributed by atoms with Crippen molar-refractivity contribution in [2.45, 2.75) is 32.7 Å². The van der Waals surface area contributed by atoms with E-state index in [-0.39, 0.29) is 23.1 Å². The number of hydrogen-bond acceptors (Lipinski definition) is 3. The molecule has 1 atom stereocenters. The Labute approximate surface area is 125 Å². The Kier molecular flexibility index (Phi) is 4.83. The van der Waals surface area contributed by atoms with Gasteiger partial charge in [-0.1, -0.05) is 13.0 Å². The third kappa shape index (κ3) is 3.53. The highest BCUT2D eigenvalue weighted by molar-refractivity contribution is 5.82. The maximum atomic E-state index is 13.7. The lowest BCUT2D eigenvalue weighted by atomic mass is 9.80. The minimum Gasteiger partial charge on any atom is -0.494 e. The van der Waals surface area contributed by atoms with Crippen molar-refractivity contribution in [1.82, 2.24) is 10.6 Å². The SMILES string of the molecule is COc1ccc(C(C)NC(=O)C2(C)CCNCC2)cc1F. The monoisotopic (exact) mass is 294 g/mol. The molecule has 1 aromatic carbocycles. The van der Waals surface area contributed by atoms with E-state index in [1.165, 1.54) is 13.2 Å². The van der Waals surface area contributed by atoms with Crippen LogP contribution in [0.4, 0.5) is 4.39 Å². The summed E-state index contributed by atoms with van der Waals surface area (Å²) in [5, 5.41) is 6.25. The number of piperidine rings is 1. The van der Waals surface area contributed by atoms with Crippen LogP contribution in [0.3, 0.4) is 0 Å². The van der Waals surface area contributed by atoms with Crippen LogP contribution in [0.25, 0.3) is 0 Å². The number of methoxy groups -OCH3 is 1. The van der Waals surface area contributed by atoms with Gasteiger partial charge in [-0.3, -0.25) is 4.79 Å². The zero-order valence-corrected chi connectivity index (χ0v) is 12.8. The average molecular weight is 294 g/mol. The maximum absolute atomic E-state index is 13.7.